The smallest absolute Gasteiger partial charge is 0.328 e. The minimum atomic E-state index is -1.08. The van der Waals surface area contributed by atoms with Gasteiger partial charge in [0, 0.05) is 31.7 Å². The molecule has 2 aromatic carbocycles. The molecular weight excluding hydrogens is 381 g/mol. The molecule has 0 fully saturated rings. The van der Waals surface area contributed by atoms with E-state index in [4.69, 9.17) is 5.11 Å². The fourth-order valence-corrected chi connectivity index (χ4v) is 3.31. The third-order valence-corrected chi connectivity index (χ3v) is 4.99. The van der Waals surface area contributed by atoms with Crippen molar-refractivity contribution in [2.45, 2.75) is 52.0 Å². The monoisotopic (exact) mass is 411 g/mol. The van der Waals surface area contributed by atoms with Gasteiger partial charge in [-0.15, -0.1) is 0 Å². The summed E-state index contributed by atoms with van der Waals surface area (Å²) in [4.78, 5) is 24.7. The molecule has 0 aromatic heterocycles. The number of carbonyl (C=O) groups excluding carboxylic acids is 1. The third kappa shape index (κ3) is 7.47. The Bertz CT molecular complexity index is 892. The van der Waals surface area contributed by atoms with Gasteiger partial charge in [-0.3, -0.25) is 4.79 Å². The molecule has 30 heavy (non-hydrogen) atoms. The second-order valence-electron chi connectivity index (χ2n) is 7.53. The van der Waals surface area contributed by atoms with Crippen molar-refractivity contribution in [3.63, 3.8) is 0 Å². The molecule has 0 saturated carbocycles. The van der Waals surface area contributed by atoms with E-state index in [9.17, 15) is 14.0 Å². The number of carboxylic acids is 1. The Morgan fingerprint density at radius 2 is 1.83 bits per heavy atom. The molecule has 0 radical (unpaired) electrons. The largest absolute Gasteiger partial charge is 0.478 e. The van der Waals surface area contributed by atoms with Gasteiger partial charge in [0.25, 0.3) is 0 Å². The lowest BCUT2D eigenvalue weighted by molar-refractivity contribution is -0.131. The number of amides is 1. The molecule has 0 bridgehead atoms. The molecule has 0 unspecified atom stereocenters. The molecule has 160 valence electrons. The number of aliphatic carboxylic acids is 1. The fraction of sp³-hybridized carbons (Fsp3) is 0.360. The quantitative estimate of drug-likeness (QED) is 0.369. The van der Waals surface area contributed by atoms with E-state index < -0.39 is 11.8 Å². The first kappa shape index (κ1) is 23.3. The Labute approximate surface area is 178 Å². The molecule has 0 aliphatic carbocycles. The number of nitrogens with zero attached hydrogens (tertiary/aromatic N) is 1. The van der Waals surface area contributed by atoms with Crippen LogP contribution in [0.4, 0.5) is 4.39 Å². The Morgan fingerprint density at radius 3 is 2.53 bits per heavy atom. The summed E-state index contributed by atoms with van der Waals surface area (Å²) in [6.07, 6.45) is 8.46. The van der Waals surface area contributed by atoms with Crippen LogP contribution in [0.2, 0.25) is 0 Å². The van der Waals surface area contributed by atoms with Gasteiger partial charge in [-0.25, -0.2) is 9.18 Å². The normalized spacial score (nSPS) is 11.0. The standard InChI is InChI=1S/C25H30FNO3/c1-3-4-5-6-7-11-24(28)27(2)18-20-9-8-10-21(16-20)22-14-12-19(17-23(22)26)13-15-25(29)30/h8-10,12-17H,3-7,11,18H2,1-2H3,(H,29,30). The summed E-state index contributed by atoms with van der Waals surface area (Å²) < 4.78 is 14.6. The van der Waals surface area contributed by atoms with Crippen molar-refractivity contribution in [2.75, 3.05) is 7.05 Å². The molecule has 0 atom stereocenters. The van der Waals surface area contributed by atoms with E-state index in [2.05, 4.69) is 6.92 Å². The molecule has 2 aromatic rings. The molecule has 0 spiro atoms. The number of benzene rings is 2. The summed E-state index contributed by atoms with van der Waals surface area (Å²) in [5.74, 6) is -1.37. The molecule has 0 heterocycles. The van der Waals surface area contributed by atoms with Crippen LogP contribution in [0.15, 0.2) is 48.5 Å². The van der Waals surface area contributed by atoms with Crippen LogP contribution in [0.3, 0.4) is 0 Å². The van der Waals surface area contributed by atoms with E-state index >= 15 is 0 Å². The molecule has 0 aliphatic rings. The van der Waals surface area contributed by atoms with Gasteiger partial charge in [0.05, 0.1) is 0 Å². The maximum Gasteiger partial charge on any atom is 0.328 e. The molecule has 1 N–H and O–H groups in total. The second kappa shape index (κ2) is 11.9. The van der Waals surface area contributed by atoms with Crippen LogP contribution in [-0.4, -0.2) is 28.9 Å². The Morgan fingerprint density at radius 1 is 1.07 bits per heavy atom. The van der Waals surface area contributed by atoms with Gasteiger partial charge in [-0.2, -0.15) is 0 Å². The number of carbonyl (C=O) groups is 2. The van der Waals surface area contributed by atoms with E-state index in [0.29, 0.717) is 24.1 Å². The molecule has 5 heteroatoms. The summed E-state index contributed by atoms with van der Waals surface area (Å²) in [7, 11) is 1.80. The maximum atomic E-state index is 14.6. The number of hydrogen-bond acceptors (Lipinski definition) is 2. The zero-order valence-electron chi connectivity index (χ0n) is 17.7. The zero-order chi connectivity index (χ0) is 21.9. The molecule has 0 saturated heterocycles. The first-order valence-electron chi connectivity index (χ1n) is 10.4. The van der Waals surface area contributed by atoms with Crippen LogP contribution in [0.1, 0.15) is 56.6 Å². The first-order chi connectivity index (χ1) is 14.4. The Kier molecular flexibility index (Phi) is 9.26. The highest BCUT2D eigenvalue weighted by Crippen LogP contribution is 2.25. The summed E-state index contributed by atoms with van der Waals surface area (Å²) in [6, 6.07) is 12.1. The van der Waals surface area contributed by atoms with Gasteiger partial charge in [-0.05, 0) is 41.3 Å². The fourth-order valence-electron chi connectivity index (χ4n) is 3.31. The highest BCUT2D eigenvalue weighted by molar-refractivity contribution is 5.85. The van der Waals surface area contributed by atoms with Crippen molar-refractivity contribution < 1.29 is 19.1 Å². The van der Waals surface area contributed by atoms with E-state index in [1.54, 1.807) is 24.1 Å². The van der Waals surface area contributed by atoms with Crippen molar-refractivity contribution in [1.82, 2.24) is 4.90 Å². The average molecular weight is 412 g/mol. The molecule has 0 aliphatic heterocycles. The van der Waals surface area contributed by atoms with E-state index in [1.807, 2.05) is 24.3 Å². The predicted octanol–water partition coefficient (Wildman–Crippen LogP) is 5.91. The third-order valence-electron chi connectivity index (χ3n) is 4.99. The average Bonchev–Trinajstić information content (AvgIpc) is 2.72. The van der Waals surface area contributed by atoms with Crippen molar-refractivity contribution in [2.24, 2.45) is 0 Å². The van der Waals surface area contributed by atoms with Crippen molar-refractivity contribution >= 4 is 18.0 Å². The number of unbranched alkanes of at least 4 members (excludes halogenated alkanes) is 4. The van der Waals surface area contributed by atoms with Crippen molar-refractivity contribution in [3.8, 4) is 11.1 Å². The van der Waals surface area contributed by atoms with Crippen LogP contribution < -0.4 is 0 Å². The van der Waals surface area contributed by atoms with Crippen LogP contribution >= 0.6 is 0 Å². The molecule has 2 rings (SSSR count). The predicted molar refractivity (Wildman–Crippen MR) is 118 cm³/mol. The highest BCUT2D eigenvalue weighted by atomic mass is 19.1. The van der Waals surface area contributed by atoms with Gasteiger partial charge < -0.3 is 10.0 Å². The summed E-state index contributed by atoms with van der Waals surface area (Å²) >= 11 is 0. The van der Waals surface area contributed by atoms with Crippen LogP contribution in [0.25, 0.3) is 17.2 Å². The number of halogens is 1. The highest BCUT2D eigenvalue weighted by Gasteiger charge is 2.11. The first-order valence-corrected chi connectivity index (χ1v) is 10.4. The van der Waals surface area contributed by atoms with Gasteiger partial charge >= 0.3 is 5.97 Å². The minimum Gasteiger partial charge on any atom is -0.478 e. The van der Waals surface area contributed by atoms with Gasteiger partial charge in [0.1, 0.15) is 5.82 Å². The molecule has 1 amide bonds. The van der Waals surface area contributed by atoms with Crippen LogP contribution in [0.5, 0.6) is 0 Å². The Hall–Kier alpha value is -2.95. The summed E-state index contributed by atoms with van der Waals surface area (Å²) in [5, 5.41) is 8.69. The minimum absolute atomic E-state index is 0.123. The summed E-state index contributed by atoms with van der Waals surface area (Å²) in [6.45, 7) is 2.65. The Balaban J connectivity index is 2.02. The SMILES string of the molecule is CCCCCCCC(=O)N(C)Cc1cccc(-c2ccc(C=CC(=O)O)cc2F)c1. The van der Waals surface area contributed by atoms with Crippen molar-refractivity contribution in [3.05, 3.63) is 65.5 Å². The van der Waals surface area contributed by atoms with Crippen LogP contribution in [-0.2, 0) is 16.1 Å². The van der Waals surface area contributed by atoms with Gasteiger partial charge in [0.15, 0.2) is 0 Å². The number of rotatable bonds is 11. The molecular formula is C25H30FNO3. The lowest BCUT2D eigenvalue weighted by Crippen LogP contribution is -2.25. The zero-order valence-corrected chi connectivity index (χ0v) is 17.7. The lowest BCUT2D eigenvalue weighted by atomic mass is 10.0. The topological polar surface area (TPSA) is 57.6 Å². The lowest BCUT2D eigenvalue weighted by Gasteiger charge is -2.18. The van der Waals surface area contributed by atoms with Crippen molar-refractivity contribution in [1.29, 1.82) is 0 Å². The molecule has 4 nitrogen and oxygen atoms in total. The van der Waals surface area contributed by atoms with E-state index in [-0.39, 0.29) is 5.91 Å². The number of carboxylic acid groups (broad SMARTS) is 1. The van der Waals surface area contributed by atoms with E-state index in [1.165, 1.54) is 31.4 Å². The van der Waals surface area contributed by atoms with Gasteiger partial charge in [0.2, 0.25) is 5.91 Å². The van der Waals surface area contributed by atoms with E-state index in [0.717, 1.165) is 30.0 Å². The van der Waals surface area contributed by atoms with Gasteiger partial charge in [-0.1, -0.05) is 62.9 Å². The maximum absolute atomic E-state index is 14.6. The summed E-state index contributed by atoms with van der Waals surface area (Å²) in [5.41, 5.74) is 2.58. The number of hydrogen-bond donors (Lipinski definition) is 1. The second-order valence-corrected chi connectivity index (χ2v) is 7.53. The van der Waals surface area contributed by atoms with Crippen LogP contribution in [0, 0.1) is 5.82 Å².